The number of anilines is 1. The number of nitro benzene ring substituents is 1. The van der Waals surface area contributed by atoms with Gasteiger partial charge in [0, 0.05) is 18.2 Å². The van der Waals surface area contributed by atoms with Crippen LogP contribution in [0.3, 0.4) is 0 Å². The van der Waals surface area contributed by atoms with Crippen LogP contribution in [0.2, 0.25) is 0 Å². The van der Waals surface area contributed by atoms with E-state index in [0.29, 0.717) is 21.5 Å². The van der Waals surface area contributed by atoms with E-state index in [2.05, 4.69) is 21.2 Å². The second-order valence-corrected chi connectivity index (χ2v) is 9.01. The van der Waals surface area contributed by atoms with E-state index in [1.807, 2.05) is 0 Å². The van der Waals surface area contributed by atoms with Crippen molar-refractivity contribution in [3.05, 3.63) is 56.5 Å². The topological polar surface area (TPSA) is 148 Å². The van der Waals surface area contributed by atoms with Crippen molar-refractivity contribution >= 4 is 45.1 Å². The molecule has 4 unspecified atom stereocenters. The summed E-state index contributed by atoms with van der Waals surface area (Å²) in [6, 6.07) is 7.53. The summed E-state index contributed by atoms with van der Waals surface area (Å²) < 4.78 is 11.2. The van der Waals surface area contributed by atoms with Gasteiger partial charge >= 0.3 is 5.97 Å². The number of carboxylic acid groups (broad SMARTS) is 1. The predicted molar refractivity (Wildman–Crippen MR) is 122 cm³/mol. The van der Waals surface area contributed by atoms with Crippen molar-refractivity contribution in [2.45, 2.75) is 18.5 Å². The van der Waals surface area contributed by atoms with Gasteiger partial charge in [0.15, 0.2) is 11.5 Å². The number of carbonyl (C=O) groups excluding carboxylic acids is 2. The summed E-state index contributed by atoms with van der Waals surface area (Å²) in [7, 11) is 2.90. The first kappa shape index (κ1) is 23.6. The summed E-state index contributed by atoms with van der Waals surface area (Å²) in [5, 5.41) is 24.2. The Hall–Kier alpha value is -3.51. The Morgan fingerprint density at radius 2 is 1.91 bits per heavy atom. The van der Waals surface area contributed by atoms with E-state index < -0.39 is 46.1 Å². The van der Waals surface area contributed by atoms with E-state index >= 15 is 0 Å². The number of hydrogen-bond donors (Lipinski definition) is 2. The highest BCUT2D eigenvalue weighted by Crippen LogP contribution is 2.51. The van der Waals surface area contributed by atoms with Gasteiger partial charge in [-0.2, -0.15) is 0 Å². The van der Waals surface area contributed by atoms with Gasteiger partial charge < -0.3 is 14.6 Å². The number of nitro groups is 1. The molecule has 2 N–H and O–H groups in total. The molecule has 34 heavy (non-hydrogen) atoms. The molecule has 0 bridgehead atoms. The standard InChI is InChI=1S/C22H20BrN3O8/c1-22(21(29)30)16-15(17(24-22)10-7-13(23)18(34-3)14(8-10)33-2)19(27)25(20(16)28)11-5-4-6-12(9-11)26(31)32/h4-9,15-17,24H,1-3H3,(H,29,30). The second kappa shape index (κ2) is 8.37. The molecule has 2 aliphatic rings. The minimum absolute atomic E-state index is 0.0126. The number of hydrogen-bond acceptors (Lipinski definition) is 8. The van der Waals surface area contributed by atoms with Gasteiger partial charge in [0.2, 0.25) is 11.8 Å². The third kappa shape index (κ3) is 3.41. The predicted octanol–water partition coefficient (Wildman–Crippen LogP) is 2.67. The van der Waals surface area contributed by atoms with Gasteiger partial charge in [-0.25, -0.2) is 4.90 Å². The molecule has 2 aliphatic heterocycles. The average Bonchev–Trinajstić information content (AvgIpc) is 3.26. The second-order valence-electron chi connectivity index (χ2n) is 8.16. The van der Waals surface area contributed by atoms with Gasteiger partial charge in [-0.05, 0) is 46.6 Å². The lowest BCUT2D eigenvalue weighted by Gasteiger charge is -2.27. The molecule has 2 saturated heterocycles. The maximum absolute atomic E-state index is 13.6. The smallest absolute Gasteiger partial charge is 0.324 e. The highest BCUT2D eigenvalue weighted by atomic mass is 79.9. The van der Waals surface area contributed by atoms with Crippen LogP contribution in [0.15, 0.2) is 40.9 Å². The number of fused-ring (bicyclic) bond motifs is 1. The lowest BCUT2D eigenvalue weighted by atomic mass is 9.80. The number of carboxylic acids is 1. The van der Waals surface area contributed by atoms with Crippen LogP contribution < -0.4 is 19.7 Å². The number of rotatable bonds is 6. The van der Waals surface area contributed by atoms with Gasteiger partial charge in [0.1, 0.15) is 5.54 Å². The number of nitrogens with zero attached hydrogens (tertiary/aromatic N) is 2. The van der Waals surface area contributed by atoms with Crippen LogP contribution in [-0.4, -0.2) is 47.6 Å². The van der Waals surface area contributed by atoms with Crippen molar-refractivity contribution < 1.29 is 33.9 Å². The molecular weight excluding hydrogens is 514 g/mol. The van der Waals surface area contributed by atoms with Gasteiger partial charge in [-0.15, -0.1) is 0 Å². The number of benzene rings is 2. The zero-order chi connectivity index (χ0) is 24.9. The SMILES string of the molecule is COc1cc(C2NC(C)(C(=O)O)C3C(=O)N(c4cccc([N+](=O)[O-])c4)C(=O)C23)cc(Br)c1OC. The molecule has 2 aromatic rings. The molecule has 0 spiro atoms. The number of imide groups is 1. The lowest BCUT2D eigenvalue weighted by Crippen LogP contribution is -2.53. The fourth-order valence-electron chi connectivity index (χ4n) is 4.74. The van der Waals surface area contributed by atoms with Crippen molar-refractivity contribution in [1.29, 1.82) is 0 Å². The van der Waals surface area contributed by atoms with Crippen LogP contribution in [0.25, 0.3) is 0 Å². The van der Waals surface area contributed by atoms with Crippen LogP contribution in [0.5, 0.6) is 11.5 Å². The highest BCUT2D eigenvalue weighted by Gasteiger charge is 2.67. The number of amides is 2. The van der Waals surface area contributed by atoms with Gasteiger partial charge in [0.25, 0.3) is 5.69 Å². The Bertz CT molecular complexity index is 1230. The zero-order valence-electron chi connectivity index (χ0n) is 18.3. The van der Waals surface area contributed by atoms with Crippen LogP contribution >= 0.6 is 15.9 Å². The van der Waals surface area contributed by atoms with Crippen molar-refractivity contribution in [2.24, 2.45) is 11.8 Å². The van der Waals surface area contributed by atoms with Gasteiger partial charge in [-0.1, -0.05) is 6.07 Å². The third-order valence-electron chi connectivity index (χ3n) is 6.35. The van der Waals surface area contributed by atoms with E-state index in [1.54, 1.807) is 12.1 Å². The molecule has 178 valence electrons. The molecule has 12 heteroatoms. The first-order valence-corrected chi connectivity index (χ1v) is 10.9. The van der Waals surface area contributed by atoms with Gasteiger partial charge in [0.05, 0.1) is 41.1 Å². The van der Waals surface area contributed by atoms with Crippen molar-refractivity contribution in [1.82, 2.24) is 5.32 Å². The first-order chi connectivity index (χ1) is 16.0. The molecule has 11 nitrogen and oxygen atoms in total. The van der Waals surface area contributed by atoms with Crippen molar-refractivity contribution in [2.75, 3.05) is 19.1 Å². The highest BCUT2D eigenvalue weighted by molar-refractivity contribution is 9.10. The number of carbonyl (C=O) groups is 3. The average molecular weight is 534 g/mol. The zero-order valence-corrected chi connectivity index (χ0v) is 19.9. The minimum atomic E-state index is -1.77. The Kier molecular flexibility index (Phi) is 5.82. The molecule has 0 saturated carbocycles. The maximum Gasteiger partial charge on any atom is 0.324 e. The number of nitrogens with one attached hydrogen (secondary N) is 1. The molecule has 0 aliphatic carbocycles. The van der Waals surface area contributed by atoms with E-state index in [9.17, 15) is 29.6 Å². The summed E-state index contributed by atoms with van der Waals surface area (Å²) in [6.45, 7) is 1.35. The number of ether oxygens (including phenoxy) is 2. The fraction of sp³-hybridized carbons (Fsp3) is 0.318. The maximum atomic E-state index is 13.6. The largest absolute Gasteiger partial charge is 0.493 e. The summed E-state index contributed by atoms with van der Waals surface area (Å²) >= 11 is 3.40. The first-order valence-electron chi connectivity index (χ1n) is 10.1. The molecule has 2 aromatic carbocycles. The molecule has 2 fully saturated rings. The number of methoxy groups -OCH3 is 2. The minimum Gasteiger partial charge on any atom is -0.493 e. The summed E-state index contributed by atoms with van der Waals surface area (Å²) in [4.78, 5) is 50.7. The summed E-state index contributed by atoms with van der Waals surface area (Å²) in [5.41, 5.74) is -1.54. The molecule has 0 aromatic heterocycles. The molecular formula is C22H20BrN3O8. The summed E-state index contributed by atoms with van der Waals surface area (Å²) in [5.74, 6) is -4.24. The number of aliphatic carboxylic acids is 1. The quantitative estimate of drug-likeness (QED) is 0.324. The van der Waals surface area contributed by atoms with E-state index in [4.69, 9.17) is 9.47 Å². The van der Waals surface area contributed by atoms with E-state index in [-0.39, 0.29) is 11.4 Å². The van der Waals surface area contributed by atoms with Crippen LogP contribution in [0.1, 0.15) is 18.5 Å². The number of non-ortho nitro benzene ring substituents is 1. The van der Waals surface area contributed by atoms with E-state index in [0.717, 1.165) is 11.0 Å². The number of halogens is 1. The fourth-order valence-corrected chi connectivity index (χ4v) is 5.36. The van der Waals surface area contributed by atoms with Crippen molar-refractivity contribution in [3.8, 4) is 11.5 Å². The lowest BCUT2D eigenvalue weighted by molar-refractivity contribution is -0.384. The Balaban J connectivity index is 1.85. The Morgan fingerprint density at radius 1 is 1.21 bits per heavy atom. The Morgan fingerprint density at radius 3 is 2.50 bits per heavy atom. The molecule has 2 heterocycles. The Labute approximate surface area is 201 Å². The monoisotopic (exact) mass is 533 g/mol. The normalized spacial score (nSPS) is 25.9. The molecule has 2 amide bonds. The summed E-state index contributed by atoms with van der Waals surface area (Å²) in [6.07, 6.45) is 0. The van der Waals surface area contributed by atoms with Crippen LogP contribution in [-0.2, 0) is 14.4 Å². The van der Waals surface area contributed by atoms with E-state index in [1.165, 1.54) is 39.3 Å². The van der Waals surface area contributed by atoms with Crippen LogP contribution in [0.4, 0.5) is 11.4 Å². The van der Waals surface area contributed by atoms with Crippen molar-refractivity contribution in [3.63, 3.8) is 0 Å². The molecule has 4 rings (SSSR count). The van der Waals surface area contributed by atoms with Gasteiger partial charge in [-0.3, -0.25) is 29.8 Å². The third-order valence-corrected chi connectivity index (χ3v) is 6.93. The molecule has 0 radical (unpaired) electrons. The van der Waals surface area contributed by atoms with Crippen LogP contribution in [0, 0.1) is 22.0 Å². The molecule has 4 atom stereocenters.